The van der Waals surface area contributed by atoms with Gasteiger partial charge in [-0.25, -0.2) is 0 Å². The molecular weight excluding hydrogens is 352 g/mol. The van der Waals surface area contributed by atoms with Crippen LogP contribution in [0.3, 0.4) is 0 Å². The van der Waals surface area contributed by atoms with Crippen LogP contribution in [0.4, 0.5) is 0 Å². The van der Waals surface area contributed by atoms with Crippen LogP contribution >= 0.6 is 11.6 Å². The van der Waals surface area contributed by atoms with Crippen molar-refractivity contribution < 1.29 is 9.59 Å². The number of aromatic nitrogens is 2. The maximum Gasteiger partial charge on any atom is 0.272 e. The molecule has 1 atom stereocenters. The number of nitrogens with one attached hydrogen (secondary N) is 1. The molecule has 6 nitrogen and oxygen atoms in total. The number of hydrogen-bond acceptors (Lipinski definition) is 3. The van der Waals surface area contributed by atoms with Crippen molar-refractivity contribution in [2.75, 3.05) is 6.54 Å². The van der Waals surface area contributed by atoms with Crippen molar-refractivity contribution in [2.24, 2.45) is 5.92 Å². The van der Waals surface area contributed by atoms with Crippen LogP contribution in [0.5, 0.6) is 0 Å². The molecule has 3 rings (SSSR count). The SMILES string of the molecule is CC(C)C(C)NC(=O)c1cc2n(n1)CCN(Cc1ccccc1Cl)C2=O. The Morgan fingerprint density at radius 1 is 1.27 bits per heavy atom. The number of rotatable bonds is 5. The topological polar surface area (TPSA) is 67.2 Å². The summed E-state index contributed by atoms with van der Waals surface area (Å²) >= 11 is 6.20. The summed E-state index contributed by atoms with van der Waals surface area (Å²) in [6, 6.07) is 9.10. The van der Waals surface area contributed by atoms with Gasteiger partial charge in [0, 0.05) is 30.2 Å². The molecule has 7 heteroatoms. The molecule has 138 valence electrons. The van der Waals surface area contributed by atoms with Gasteiger partial charge in [0.05, 0.1) is 6.54 Å². The second-order valence-electron chi connectivity index (χ2n) is 6.96. The largest absolute Gasteiger partial charge is 0.348 e. The van der Waals surface area contributed by atoms with Gasteiger partial charge in [-0.05, 0) is 24.5 Å². The monoisotopic (exact) mass is 374 g/mol. The molecular formula is C19H23ClN4O2. The molecule has 1 aromatic carbocycles. The average molecular weight is 375 g/mol. The minimum atomic E-state index is -0.251. The van der Waals surface area contributed by atoms with E-state index in [0.717, 1.165) is 5.56 Å². The maximum absolute atomic E-state index is 12.8. The van der Waals surface area contributed by atoms with Crippen LogP contribution in [0.2, 0.25) is 5.02 Å². The average Bonchev–Trinajstić information content (AvgIpc) is 3.04. The van der Waals surface area contributed by atoms with E-state index in [1.807, 2.05) is 45.0 Å². The zero-order chi connectivity index (χ0) is 18.8. The lowest BCUT2D eigenvalue weighted by atomic mass is 10.1. The van der Waals surface area contributed by atoms with E-state index >= 15 is 0 Å². The van der Waals surface area contributed by atoms with Crippen LogP contribution in [0.15, 0.2) is 30.3 Å². The zero-order valence-electron chi connectivity index (χ0n) is 15.2. The molecule has 1 aliphatic heterocycles. The fourth-order valence-corrected chi connectivity index (χ4v) is 2.98. The standard InChI is InChI=1S/C19H23ClN4O2/c1-12(2)13(3)21-18(25)16-10-17-19(26)23(8-9-24(17)22-16)11-14-6-4-5-7-15(14)20/h4-7,10,12-13H,8-9,11H2,1-3H3,(H,21,25). The Kier molecular flexibility index (Phi) is 5.32. The van der Waals surface area contributed by atoms with Crippen LogP contribution < -0.4 is 5.32 Å². The van der Waals surface area contributed by atoms with Gasteiger partial charge in [-0.3, -0.25) is 14.3 Å². The van der Waals surface area contributed by atoms with Gasteiger partial charge in [0.25, 0.3) is 11.8 Å². The minimum Gasteiger partial charge on any atom is -0.348 e. The van der Waals surface area contributed by atoms with E-state index in [1.165, 1.54) is 0 Å². The van der Waals surface area contributed by atoms with E-state index in [2.05, 4.69) is 10.4 Å². The van der Waals surface area contributed by atoms with Crippen molar-refractivity contribution in [1.82, 2.24) is 20.0 Å². The van der Waals surface area contributed by atoms with Crippen LogP contribution in [-0.4, -0.2) is 39.1 Å². The van der Waals surface area contributed by atoms with Crippen molar-refractivity contribution in [3.8, 4) is 0 Å². The zero-order valence-corrected chi connectivity index (χ0v) is 16.0. The van der Waals surface area contributed by atoms with Gasteiger partial charge >= 0.3 is 0 Å². The molecule has 1 N–H and O–H groups in total. The lowest BCUT2D eigenvalue weighted by Gasteiger charge is -2.27. The Morgan fingerprint density at radius 2 is 2.00 bits per heavy atom. The van der Waals surface area contributed by atoms with E-state index < -0.39 is 0 Å². The van der Waals surface area contributed by atoms with Crippen molar-refractivity contribution >= 4 is 23.4 Å². The first-order chi connectivity index (χ1) is 12.4. The number of nitrogens with zero attached hydrogens (tertiary/aromatic N) is 3. The van der Waals surface area contributed by atoms with E-state index in [0.29, 0.717) is 36.3 Å². The molecule has 1 unspecified atom stereocenters. The summed E-state index contributed by atoms with van der Waals surface area (Å²) in [6.45, 7) is 7.56. The van der Waals surface area contributed by atoms with Crippen LogP contribution in [0.1, 0.15) is 47.3 Å². The molecule has 0 fully saturated rings. The highest BCUT2D eigenvalue weighted by atomic mass is 35.5. The summed E-state index contributed by atoms with van der Waals surface area (Å²) in [4.78, 5) is 26.9. The number of fused-ring (bicyclic) bond motifs is 1. The third-order valence-corrected chi connectivity index (χ3v) is 5.15. The second-order valence-corrected chi connectivity index (χ2v) is 7.37. The Labute approximate surface area is 158 Å². The fraction of sp³-hybridized carbons (Fsp3) is 0.421. The Morgan fingerprint density at radius 3 is 2.69 bits per heavy atom. The number of benzene rings is 1. The number of amides is 2. The minimum absolute atomic E-state index is 0.0358. The number of carbonyl (C=O) groups is 2. The molecule has 0 saturated heterocycles. The molecule has 0 radical (unpaired) electrons. The molecule has 26 heavy (non-hydrogen) atoms. The summed E-state index contributed by atoms with van der Waals surface area (Å²) in [6.07, 6.45) is 0. The predicted molar refractivity (Wildman–Crippen MR) is 100 cm³/mol. The van der Waals surface area contributed by atoms with Gasteiger partial charge in [-0.2, -0.15) is 5.10 Å². The molecule has 0 bridgehead atoms. The molecule has 0 aliphatic carbocycles. The van der Waals surface area contributed by atoms with E-state index in [4.69, 9.17) is 11.6 Å². The smallest absolute Gasteiger partial charge is 0.272 e. The van der Waals surface area contributed by atoms with Crippen molar-refractivity contribution in [3.05, 3.63) is 52.3 Å². The van der Waals surface area contributed by atoms with Gasteiger partial charge in [-0.1, -0.05) is 43.6 Å². The maximum atomic E-state index is 12.8. The lowest BCUT2D eigenvalue weighted by molar-refractivity contribution is 0.0683. The first-order valence-corrected chi connectivity index (χ1v) is 9.16. The van der Waals surface area contributed by atoms with Gasteiger partial charge in [0.1, 0.15) is 5.69 Å². The molecule has 2 heterocycles. The molecule has 1 aliphatic rings. The summed E-state index contributed by atoms with van der Waals surface area (Å²) < 4.78 is 1.61. The molecule has 1 aromatic heterocycles. The van der Waals surface area contributed by atoms with Crippen LogP contribution in [0.25, 0.3) is 0 Å². The summed E-state index contributed by atoms with van der Waals surface area (Å²) in [7, 11) is 0. The number of hydrogen-bond donors (Lipinski definition) is 1. The van der Waals surface area contributed by atoms with Crippen LogP contribution in [0, 0.1) is 5.92 Å². The Hall–Kier alpha value is -2.34. The fourth-order valence-electron chi connectivity index (χ4n) is 2.78. The lowest BCUT2D eigenvalue weighted by Crippen LogP contribution is -2.39. The highest BCUT2D eigenvalue weighted by Gasteiger charge is 2.28. The summed E-state index contributed by atoms with van der Waals surface area (Å²) in [5, 5.41) is 7.87. The van der Waals surface area contributed by atoms with Gasteiger partial charge in [0.2, 0.25) is 0 Å². The van der Waals surface area contributed by atoms with E-state index in [-0.39, 0.29) is 23.6 Å². The van der Waals surface area contributed by atoms with Gasteiger partial charge in [0.15, 0.2) is 5.69 Å². The summed E-state index contributed by atoms with van der Waals surface area (Å²) in [5.74, 6) is -0.0675. The van der Waals surface area contributed by atoms with Crippen molar-refractivity contribution in [1.29, 1.82) is 0 Å². The highest BCUT2D eigenvalue weighted by Crippen LogP contribution is 2.21. The Bertz CT molecular complexity index is 831. The quantitative estimate of drug-likeness (QED) is 0.874. The third kappa shape index (κ3) is 3.75. The molecule has 2 amide bonds. The summed E-state index contributed by atoms with van der Waals surface area (Å²) in [5.41, 5.74) is 1.62. The van der Waals surface area contributed by atoms with E-state index in [1.54, 1.807) is 15.6 Å². The number of halogens is 1. The first-order valence-electron chi connectivity index (χ1n) is 8.78. The van der Waals surface area contributed by atoms with Crippen LogP contribution in [-0.2, 0) is 13.1 Å². The first kappa shape index (κ1) is 18.5. The second kappa shape index (κ2) is 7.50. The molecule has 0 saturated carbocycles. The number of carbonyl (C=O) groups excluding carboxylic acids is 2. The third-order valence-electron chi connectivity index (χ3n) is 4.78. The van der Waals surface area contributed by atoms with E-state index in [9.17, 15) is 9.59 Å². The normalized spacial score (nSPS) is 15.1. The highest BCUT2D eigenvalue weighted by molar-refractivity contribution is 6.31. The molecule has 2 aromatic rings. The molecule has 0 spiro atoms. The predicted octanol–water partition coefficient (Wildman–Crippen LogP) is 2.97. The van der Waals surface area contributed by atoms with Gasteiger partial charge < -0.3 is 10.2 Å². The Balaban J connectivity index is 1.75. The van der Waals surface area contributed by atoms with Crippen molar-refractivity contribution in [2.45, 2.75) is 39.9 Å². The van der Waals surface area contributed by atoms with Crippen molar-refractivity contribution in [3.63, 3.8) is 0 Å². The van der Waals surface area contributed by atoms with Gasteiger partial charge in [-0.15, -0.1) is 0 Å².